The summed E-state index contributed by atoms with van der Waals surface area (Å²) in [6, 6.07) is 3.58. The minimum absolute atomic E-state index is 0.173. The molecule has 117 valence electrons. The number of aromatic nitrogens is 1. The van der Waals surface area contributed by atoms with E-state index in [1.165, 1.54) is 7.28 Å². The first kappa shape index (κ1) is 18.4. The van der Waals surface area contributed by atoms with Crippen LogP contribution in [0.3, 0.4) is 0 Å². The first-order valence-electron chi connectivity index (χ1n) is 7.38. The van der Waals surface area contributed by atoms with Gasteiger partial charge in [-0.2, -0.15) is 0 Å². The summed E-state index contributed by atoms with van der Waals surface area (Å²) in [5.74, 6) is 0.649. The first-order valence-corrected chi connectivity index (χ1v) is 7.38. The fourth-order valence-corrected chi connectivity index (χ4v) is 1.86. The molecule has 3 nitrogen and oxygen atoms in total. The van der Waals surface area contributed by atoms with Crippen LogP contribution in [0.2, 0.25) is 0 Å². The smallest absolute Gasteiger partial charge is 0.260 e. The summed E-state index contributed by atoms with van der Waals surface area (Å²) in [5.41, 5.74) is 0.206. The number of nitrogens with zero attached hydrogens (tertiary/aromatic N) is 1. The molecule has 1 heterocycles. The lowest BCUT2D eigenvalue weighted by atomic mass is 9.73. The lowest BCUT2D eigenvalue weighted by Crippen LogP contribution is -2.31. The minimum Gasteiger partial charge on any atom is -0.502 e. The first-order chi connectivity index (χ1) is 11.2. The molecule has 0 amide bonds. The Balaban J connectivity index is 2.81. The van der Waals surface area contributed by atoms with Crippen molar-refractivity contribution < 1.29 is 9.53 Å². The highest BCUT2D eigenvalue weighted by atomic mass is 16.5. The van der Waals surface area contributed by atoms with Gasteiger partial charge in [0.2, 0.25) is 0 Å². The number of ether oxygens (including phenoxy) is 1. The molecule has 0 atom stereocenters. The van der Waals surface area contributed by atoms with Crippen LogP contribution in [0.4, 0.5) is 0 Å². The molecule has 1 radical (unpaired) electrons. The van der Waals surface area contributed by atoms with Crippen LogP contribution >= 0.6 is 0 Å². The topological polar surface area (TPSA) is 39.2 Å². The second-order valence-electron chi connectivity index (χ2n) is 4.55. The van der Waals surface area contributed by atoms with E-state index in [-0.39, 0.29) is 12.2 Å². The Labute approximate surface area is 138 Å². The fourth-order valence-electron chi connectivity index (χ4n) is 1.86. The van der Waals surface area contributed by atoms with E-state index in [2.05, 4.69) is 18.1 Å². The number of allylic oxidation sites excluding steroid dienone is 5. The lowest BCUT2D eigenvalue weighted by Gasteiger charge is -2.05. The average Bonchev–Trinajstić information content (AvgIpc) is 2.55. The number of rotatable bonds is 8. The highest BCUT2D eigenvalue weighted by Gasteiger charge is 2.09. The Morgan fingerprint density at radius 1 is 1.30 bits per heavy atom. The van der Waals surface area contributed by atoms with E-state index in [0.717, 1.165) is 10.6 Å². The zero-order valence-electron chi connectivity index (χ0n) is 13.7. The Morgan fingerprint density at radius 2 is 2.09 bits per heavy atom. The summed E-state index contributed by atoms with van der Waals surface area (Å²) in [5, 5.41) is 1.69. The van der Waals surface area contributed by atoms with Gasteiger partial charge < -0.3 is 9.53 Å². The van der Waals surface area contributed by atoms with Gasteiger partial charge in [-0.25, -0.2) is 4.98 Å². The molecule has 0 spiro atoms. The Morgan fingerprint density at radius 3 is 2.70 bits per heavy atom. The number of carbonyl (C=O) groups is 1. The molecule has 0 fully saturated rings. The molecule has 0 aromatic carbocycles. The predicted octanol–water partition coefficient (Wildman–Crippen LogP) is 2.31. The third-order valence-electron chi connectivity index (χ3n) is 2.93. The minimum atomic E-state index is -0.176. The van der Waals surface area contributed by atoms with Crippen LogP contribution in [0.5, 0.6) is 0 Å². The summed E-state index contributed by atoms with van der Waals surface area (Å²) < 4.78 is 5.51. The fraction of sp³-hybridized carbons (Fsp3) is 0.158. The van der Waals surface area contributed by atoms with Crippen LogP contribution in [0.15, 0.2) is 61.4 Å². The van der Waals surface area contributed by atoms with Crippen LogP contribution in [-0.2, 0) is 4.74 Å². The van der Waals surface area contributed by atoms with Gasteiger partial charge in [0.25, 0.3) is 7.28 Å². The molecule has 1 aromatic rings. The standard InChI is InChI=1S/C19H21BNO2/c1-5-9-16(10-6-2)23-14-20-19(22)18-13-12-15(8-4)17(21-18)11-7-3/h5-13H,1,3,14H2,2,4H3/b10-6-,15-8-,16-9+,17-11+. The van der Waals surface area contributed by atoms with E-state index in [1.807, 2.05) is 32.1 Å². The van der Waals surface area contributed by atoms with Gasteiger partial charge in [0.05, 0.1) is 17.5 Å². The Hall–Kier alpha value is -2.62. The summed E-state index contributed by atoms with van der Waals surface area (Å²) in [4.78, 5) is 16.6. The second-order valence-corrected chi connectivity index (χ2v) is 4.55. The Bertz CT molecular complexity index is 745. The lowest BCUT2D eigenvalue weighted by molar-refractivity contribution is 0.106. The van der Waals surface area contributed by atoms with Crippen molar-refractivity contribution in [1.82, 2.24) is 4.98 Å². The molecule has 4 heteroatoms. The van der Waals surface area contributed by atoms with Crippen LogP contribution in [0.1, 0.15) is 24.3 Å². The van der Waals surface area contributed by atoms with Crippen molar-refractivity contribution in [3.63, 3.8) is 0 Å². The van der Waals surface area contributed by atoms with Crippen molar-refractivity contribution in [3.05, 3.63) is 77.7 Å². The van der Waals surface area contributed by atoms with Gasteiger partial charge in [0.1, 0.15) is 11.4 Å². The molecular formula is C19H21BNO2. The zero-order chi connectivity index (χ0) is 17.1. The highest BCUT2D eigenvalue weighted by Crippen LogP contribution is 2.00. The predicted molar refractivity (Wildman–Crippen MR) is 97.4 cm³/mol. The van der Waals surface area contributed by atoms with Crippen LogP contribution in [0.25, 0.3) is 12.2 Å². The molecule has 0 N–H and O–H groups in total. The number of carbonyl (C=O) groups excluding carboxylic acids is 1. The Kier molecular flexibility index (Phi) is 8.15. The van der Waals surface area contributed by atoms with Gasteiger partial charge in [-0.15, -0.1) is 0 Å². The molecule has 0 saturated carbocycles. The van der Waals surface area contributed by atoms with Crippen molar-refractivity contribution in [2.75, 3.05) is 6.51 Å². The van der Waals surface area contributed by atoms with Gasteiger partial charge in [-0.1, -0.05) is 43.5 Å². The number of hydrogen-bond donors (Lipinski definition) is 0. The van der Waals surface area contributed by atoms with E-state index in [4.69, 9.17) is 4.74 Å². The van der Waals surface area contributed by atoms with E-state index in [0.29, 0.717) is 11.5 Å². The normalized spacial score (nSPS) is 13.2. The molecular weight excluding hydrogens is 285 g/mol. The summed E-state index contributed by atoms with van der Waals surface area (Å²) in [7, 11) is 1.47. The van der Waals surface area contributed by atoms with Crippen molar-refractivity contribution in [3.8, 4) is 0 Å². The zero-order valence-corrected chi connectivity index (χ0v) is 13.7. The number of hydrogen-bond acceptors (Lipinski definition) is 3. The van der Waals surface area contributed by atoms with Crippen LogP contribution < -0.4 is 10.6 Å². The maximum atomic E-state index is 12.2. The van der Waals surface area contributed by atoms with Gasteiger partial charge in [0.15, 0.2) is 0 Å². The average molecular weight is 306 g/mol. The largest absolute Gasteiger partial charge is 0.502 e. The van der Waals surface area contributed by atoms with E-state index in [9.17, 15) is 4.79 Å². The van der Waals surface area contributed by atoms with Gasteiger partial charge in [0, 0.05) is 0 Å². The second kappa shape index (κ2) is 10.2. The molecule has 0 saturated heterocycles. The molecule has 23 heavy (non-hydrogen) atoms. The molecule has 1 aromatic heterocycles. The maximum Gasteiger partial charge on any atom is 0.260 e. The summed E-state index contributed by atoms with van der Waals surface area (Å²) >= 11 is 0. The van der Waals surface area contributed by atoms with E-state index in [1.54, 1.807) is 36.4 Å². The summed E-state index contributed by atoms with van der Waals surface area (Å²) in [6.07, 6.45) is 12.4. The van der Waals surface area contributed by atoms with Crippen molar-refractivity contribution in [2.45, 2.75) is 13.8 Å². The van der Waals surface area contributed by atoms with Crippen molar-refractivity contribution in [2.24, 2.45) is 0 Å². The number of pyridine rings is 1. The maximum absolute atomic E-state index is 12.2. The highest BCUT2D eigenvalue weighted by molar-refractivity contribution is 6.77. The quantitative estimate of drug-likeness (QED) is 0.420. The van der Waals surface area contributed by atoms with E-state index >= 15 is 0 Å². The molecule has 0 aliphatic rings. The third kappa shape index (κ3) is 5.95. The van der Waals surface area contributed by atoms with E-state index < -0.39 is 0 Å². The van der Waals surface area contributed by atoms with Gasteiger partial charge >= 0.3 is 0 Å². The molecule has 0 unspecified atom stereocenters. The van der Waals surface area contributed by atoms with Gasteiger partial charge in [-0.05, 0) is 43.4 Å². The molecule has 0 bridgehead atoms. The summed E-state index contributed by atoms with van der Waals surface area (Å²) in [6.45, 7) is 11.3. The third-order valence-corrected chi connectivity index (χ3v) is 2.93. The van der Waals surface area contributed by atoms with Crippen LogP contribution in [0, 0.1) is 0 Å². The van der Waals surface area contributed by atoms with Gasteiger partial charge in [-0.3, -0.25) is 0 Å². The molecule has 1 rings (SSSR count). The SMILES string of the molecule is C=C/C=C(\C=C/C)OC[B]C(=O)c1ccc(=C/C)/c(=C\C=C)n1. The van der Waals surface area contributed by atoms with Crippen molar-refractivity contribution in [1.29, 1.82) is 0 Å². The van der Waals surface area contributed by atoms with Crippen molar-refractivity contribution >= 4 is 25.1 Å². The van der Waals surface area contributed by atoms with Crippen LogP contribution in [-0.4, -0.2) is 24.5 Å². The monoisotopic (exact) mass is 306 g/mol. The molecule has 0 aliphatic heterocycles. The molecule has 0 aliphatic carbocycles.